The zero-order chi connectivity index (χ0) is 20.1. The summed E-state index contributed by atoms with van der Waals surface area (Å²) in [6.45, 7) is 0.753. The van der Waals surface area contributed by atoms with Crippen LogP contribution in [-0.4, -0.2) is 45.4 Å². The fourth-order valence-electron chi connectivity index (χ4n) is 4.44. The number of benzene rings is 2. The van der Waals surface area contributed by atoms with E-state index < -0.39 is 0 Å². The smallest absolute Gasteiger partial charge is 0.281 e. The second-order valence-corrected chi connectivity index (χ2v) is 8.33. The van der Waals surface area contributed by atoms with Crippen molar-refractivity contribution in [1.29, 1.82) is 0 Å². The van der Waals surface area contributed by atoms with Gasteiger partial charge in [0.1, 0.15) is 11.5 Å². The van der Waals surface area contributed by atoms with Crippen molar-refractivity contribution in [3.8, 4) is 0 Å². The van der Waals surface area contributed by atoms with Crippen LogP contribution >= 0.6 is 0 Å². The monoisotopic (exact) mass is 397 g/mol. The summed E-state index contributed by atoms with van der Waals surface area (Å²) in [5.74, 6) is 2.35. The number of imidazole rings is 1. The summed E-state index contributed by atoms with van der Waals surface area (Å²) in [5.41, 5.74) is 3.04. The minimum Gasteiger partial charge on any atom is -0.336 e. The first kappa shape index (κ1) is 17.4. The fraction of sp³-hybridized carbons (Fsp3) is 0.292. The molecule has 0 radical (unpaired) electrons. The van der Waals surface area contributed by atoms with Crippen molar-refractivity contribution in [2.75, 3.05) is 11.4 Å². The summed E-state index contributed by atoms with van der Waals surface area (Å²) in [6, 6.07) is 21.0. The highest BCUT2D eigenvalue weighted by atomic mass is 16.2. The topological polar surface area (TPSA) is 64.6 Å². The molecule has 0 saturated heterocycles. The van der Waals surface area contributed by atoms with Crippen LogP contribution in [0.4, 0.5) is 5.82 Å². The van der Waals surface area contributed by atoms with E-state index in [4.69, 9.17) is 9.98 Å². The first-order valence-electron chi connectivity index (χ1n) is 10.6. The van der Waals surface area contributed by atoms with E-state index in [0.29, 0.717) is 12.1 Å². The SMILES string of the molecule is O=C1c2[nH]c(Cc3ccccc3)nc2N2C[C@@H](Cc3ccccc3)N=C2N1C1CC1. The Morgan fingerprint density at radius 1 is 0.967 bits per heavy atom. The van der Waals surface area contributed by atoms with Crippen molar-refractivity contribution < 1.29 is 4.79 Å². The maximum absolute atomic E-state index is 13.3. The molecule has 1 N–H and O–H groups in total. The number of aromatic amines is 1. The van der Waals surface area contributed by atoms with Crippen molar-refractivity contribution in [2.24, 2.45) is 4.99 Å². The average molecular weight is 397 g/mol. The minimum atomic E-state index is 0.00896. The van der Waals surface area contributed by atoms with Gasteiger partial charge in [-0.3, -0.25) is 14.6 Å². The molecule has 1 fully saturated rings. The van der Waals surface area contributed by atoms with E-state index in [1.807, 2.05) is 29.2 Å². The van der Waals surface area contributed by atoms with Crippen LogP contribution in [0, 0.1) is 0 Å². The van der Waals surface area contributed by atoms with Gasteiger partial charge < -0.3 is 4.98 Å². The third kappa shape index (κ3) is 3.00. The summed E-state index contributed by atoms with van der Waals surface area (Å²) in [6.07, 6.45) is 3.63. The molecule has 0 spiro atoms. The molecule has 3 heterocycles. The molecule has 1 amide bonds. The van der Waals surface area contributed by atoms with Gasteiger partial charge >= 0.3 is 0 Å². The van der Waals surface area contributed by atoms with Crippen LogP contribution in [0.3, 0.4) is 0 Å². The van der Waals surface area contributed by atoms with Gasteiger partial charge in [0.2, 0.25) is 5.96 Å². The normalized spacial score (nSPS) is 20.2. The predicted molar refractivity (Wildman–Crippen MR) is 116 cm³/mol. The Hall–Kier alpha value is -3.41. The molecule has 30 heavy (non-hydrogen) atoms. The summed E-state index contributed by atoms with van der Waals surface area (Å²) >= 11 is 0. The van der Waals surface area contributed by atoms with Crippen molar-refractivity contribution in [3.63, 3.8) is 0 Å². The highest BCUT2D eigenvalue weighted by molar-refractivity contribution is 6.18. The Kier molecular flexibility index (Phi) is 3.97. The minimum absolute atomic E-state index is 0.00896. The number of nitrogens with zero attached hydrogens (tertiary/aromatic N) is 4. The van der Waals surface area contributed by atoms with E-state index in [9.17, 15) is 4.79 Å². The number of nitrogens with one attached hydrogen (secondary N) is 1. The lowest BCUT2D eigenvalue weighted by molar-refractivity contribution is 0.0828. The third-order valence-corrected chi connectivity index (χ3v) is 6.01. The van der Waals surface area contributed by atoms with Crippen LogP contribution < -0.4 is 4.90 Å². The second kappa shape index (κ2) is 6.83. The number of carbonyl (C=O) groups is 1. The standard InChI is InChI=1S/C24H23N5O/c30-23-21-22(27-20(26-21)14-17-9-5-2-6-10-17)28-15-18(13-16-7-3-1-4-8-16)25-24(28)29(23)19-11-12-19/h1-10,18-19H,11-15H2,(H,26,27)/t18-/m1/s1. The molecular weight excluding hydrogens is 374 g/mol. The van der Waals surface area contributed by atoms with Crippen molar-refractivity contribution in [1.82, 2.24) is 14.9 Å². The lowest BCUT2D eigenvalue weighted by Crippen LogP contribution is -2.51. The van der Waals surface area contributed by atoms with Crippen LogP contribution in [0.1, 0.15) is 40.3 Å². The summed E-state index contributed by atoms with van der Waals surface area (Å²) in [4.78, 5) is 30.5. The van der Waals surface area contributed by atoms with Crippen LogP contribution in [0.15, 0.2) is 65.7 Å². The van der Waals surface area contributed by atoms with Gasteiger partial charge in [0.15, 0.2) is 5.82 Å². The molecule has 2 aliphatic heterocycles. The van der Waals surface area contributed by atoms with E-state index in [2.05, 4.69) is 46.3 Å². The number of hydrogen-bond acceptors (Lipinski definition) is 4. The third-order valence-electron chi connectivity index (χ3n) is 6.01. The molecule has 6 heteroatoms. The first-order valence-corrected chi connectivity index (χ1v) is 10.6. The number of fused-ring (bicyclic) bond motifs is 3. The lowest BCUT2D eigenvalue weighted by Gasteiger charge is -2.32. The van der Waals surface area contributed by atoms with Gasteiger partial charge in [-0.15, -0.1) is 0 Å². The molecule has 150 valence electrons. The van der Waals surface area contributed by atoms with Gasteiger partial charge in [-0.1, -0.05) is 60.7 Å². The van der Waals surface area contributed by atoms with Gasteiger partial charge in [-0.2, -0.15) is 0 Å². The van der Waals surface area contributed by atoms with E-state index in [-0.39, 0.29) is 18.0 Å². The Bertz CT molecular complexity index is 1120. The molecule has 2 aromatic carbocycles. The number of aromatic nitrogens is 2. The Morgan fingerprint density at radius 2 is 1.67 bits per heavy atom. The number of amides is 1. The first-order chi connectivity index (χ1) is 14.8. The molecule has 1 aliphatic carbocycles. The van der Waals surface area contributed by atoms with Crippen LogP contribution in [-0.2, 0) is 12.8 Å². The molecular formula is C24H23N5O. The molecule has 3 aliphatic rings. The summed E-state index contributed by atoms with van der Waals surface area (Å²) < 4.78 is 0. The molecule has 3 aromatic rings. The van der Waals surface area contributed by atoms with Gasteiger partial charge in [0.05, 0.1) is 12.6 Å². The van der Waals surface area contributed by atoms with E-state index in [0.717, 1.165) is 43.4 Å². The maximum atomic E-state index is 13.3. The van der Waals surface area contributed by atoms with E-state index in [1.165, 1.54) is 11.1 Å². The average Bonchev–Trinajstić information content (AvgIpc) is 3.37. The van der Waals surface area contributed by atoms with Crippen molar-refractivity contribution in [3.05, 3.63) is 83.3 Å². The highest BCUT2D eigenvalue weighted by Gasteiger charge is 2.47. The number of anilines is 1. The van der Waals surface area contributed by atoms with Crippen LogP contribution in [0.25, 0.3) is 0 Å². The molecule has 1 atom stereocenters. The zero-order valence-corrected chi connectivity index (χ0v) is 16.7. The second-order valence-electron chi connectivity index (χ2n) is 8.33. The van der Waals surface area contributed by atoms with Gasteiger partial charge in [0.25, 0.3) is 5.91 Å². The number of aliphatic imine (C=N–C) groups is 1. The van der Waals surface area contributed by atoms with Crippen LogP contribution in [0.5, 0.6) is 0 Å². The molecule has 1 aromatic heterocycles. The van der Waals surface area contributed by atoms with Crippen molar-refractivity contribution in [2.45, 2.75) is 37.8 Å². The molecule has 6 rings (SSSR count). The quantitative estimate of drug-likeness (QED) is 0.718. The number of carbonyl (C=O) groups excluding carboxylic acids is 1. The largest absolute Gasteiger partial charge is 0.336 e. The maximum Gasteiger partial charge on any atom is 0.281 e. The zero-order valence-electron chi connectivity index (χ0n) is 16.7. The van der Waals surface area contributed by atoms with Gasteiger partial charge in [-0.25, -0.2) is 9.98 Å². The fourth-order valence-corrected chi connectivity index (χ4v) is 4.44. The van der Waals surface area contributed by atoms with Crippen LogP contribution in [0.2, 0.25) is 0 Å². The number of hydrogen-bond donors (Lipinski definition) is 1. The van der Waals surface area contributed by atoms with Gasteiger partial charge in [0, 0.05) is 12.5 Å². The van der Waals surface area contributed by atoms with Gasteiger partial charge in [-0.05, 0) is 30.4 Å². The molecule has 0 bridgehead atoms. The number of H-pyrrole nitrogens is 1. The molecule has 6 nitrogen and oxygen atoms in total. The predicted octanol–water partition coefficient (Wildman–Crippen LogP) is 3.41. The van der Waals surface area contributed by atoms with Crippen molar-refractivity contribution >= 4 is 17.7 Å². The highest BCUT2D eigenvalue weighted by Crippen LogP contribution is 2.37. The summed E-state index contributed by atoms with van der Waals surface area (Å²) in [5, 5.41) is 0. The van der Waals surface area contributed by atoms with E-state index in [1.54, 1.807) is 0 Å². The molecule has 0 unspecified atom stereocenters. The molecule has 1 saturated carbocycles. The Labute approximate surface area is 175 Å². The van der Waals surface area contributed by atoms with E-state index >= 15 is 0 Å². The summed E-state index contributed by atoms with van der Waals surface area (Å²) in [7, 11) is 0. The Morgan fingerprint density at radius 3 is 2.37 bits per heavy atom. The number of rotatable bonds is 5. The Balaban J connectivity index is 1.33. The number of guanidine groups is 1. The lowest BCUT2D eigenvalue weighted by atomic mass is 10.1.